The van der Waals surface area contributed by atoms with E-state index in [0.29, 0.717) is 25.5 Å². The Balaban J connectivity index is 1.05. The van der Waals surface area contributed by atoms with Crippen molar-refractivity contribution in [2.45, 2.75) is 92.6 Å². The van der Waals surface area contributed by atoms with Gasteiger partial charge in [0.15, 0.2) is 0 Å². The van der Waals surface area contributed by atoms with Crippen molar-refractivity contribution in [3.63, 3.8) is 0 Å². The van der Waals surface area contributed by atoms with Crippen molar-refractivity contribution in [2.75, 3.05) is 31.2 Å². The van der Waals surface area contributed by atoms with E-state index in [2.05, 4.69) is 25.5 Å². The van der Waals surface area contributed by atoms with Gasteiger partial charge >= 0.3 is 0 Å². The van der Waals surface area contributed by atoms with Gasteiger partial charge in [-0.1, -0.05) is 57.1 Å². The van der Waals surface area contributed by atoms with Crippen LogP contribution in [-0.2, 0) is 34.1 Å². The standard InChI is InChI=1S/C33H43N5O4S/c39-32(29-20-26-23-36-33(21-30(26)37-29)14-6-4-2-1-3-5-7-15-33)35-22-25-8-10-27(11-9-25)43(40,41)28-12-13-31(34-24-28)38-16-18-42-19-17-38/h8-13,20,24,36-37H,1-7,14-19,21-23H2,(H,35,39). The molecule has 3 N–H and O–H groups in total. The SMILES string of the molecule is O=C(NCc1ccc(S(=O)(=O)c2ccc(N3CCOCC3)nc2)cc1)c1cc2c([nH]1)CC1(CCCCCCCCC1)NC2. The molecule has 10 heteroatoms. The van der Waals surface area contributed by atoms with Gasteiger partial charge in [0, 0.05) is 50.0 Å². The van der Waals surface area contributed by atoms with E-state index in [-0.39, 0.29) is 21.2 Å². The fraction of sp³-hybridized carbons (Fsp3) is 0.515. The summed E-state index contributed by atoms with van der Waals surface area (Å²) in [5, 5.41) is 6.84. The minimum atomic E-state index is -3.70. The molecule has 9 nitrogen and oxygen atoms in total. The van der Waals surface area contributed by atoms with Crippen LogP contribution in [0.4, 0.5) is 5.82 Å². The first-order chi connectivity index (χ1) is 20.9. The summed E-state index contributed by atoms with van der Waals surface area (Å²) in [6.07, 6.45) is 13.9. The molecule has 2 aliphatic heterocycles. The molecule has 2 fully saturated rings. The maximum atomic E-state index is 13.2. The van der Waals surface area contributed by atoms with Gasteiger partial charge in [0.2, 0.25) is 9.84 Å². The summed E-state index contributed by atoms with van der Waals surface area (Å²) in [6.45, 7) is 3.85. The molecule has 4 heterocycles. The summed E-state index contributed by atoms with van der Waals surface area (Å²) in [5.74, 6) is 0.593. The molecular formula is C33H43N5O4S. The van der Waals surface area contributed by atoms with Crippen molar-refractivity contribution in [3.8, 4) is 0 Å². The minimum absolute atomic E-state index is 0.131. The zero-order chi connectivity index (χ0) is 29.7. The highest BCUT2D eigenvalue weighted by atomic mass is 32.2. The average Bonchev–Trinajstić information content (AvgIpc) is 3.47. The van der Waals surface area contributed by atoms with Crippen LogP contribution in [-0.4, -0.2) is 56.1 Å². The zero-order valence-corrected chi connectivity index (χ0v) is 25.7. The third-order valence-electron chi connectivity index (χ3n) is 9.27. The Kier molecular flexibility index (Phi) is 9.16. The van der Waals surface area contributed by atoms with Gasteiger partial charge in [0.05, 0.1) is 23.0 Å². The van der Waals surface area contributed by atoms with E-state index in [0.717, 1.165) is 37.4 Å². The van der Waals surface area contributed by atoms with Crippen LogP contribution in [0.25, 0.3) is 0 Å². The van der Waals surface area contributed by atoms with Crippen LogP contribution in [0.1, 0.15) is 85.1 Å². The van der Waals surface area contributed by atoms with Crippen LogP contribution in [0, 0.1) is 0 Å². The molecule has 0 radical (unpaired) electrons. The van der Waals surface area contributed by atoms with Crippen LogP contribution >= 0.6 is 0 Å². The second-order valence-electron chi connectivity index (χ2n) is 12.3. The number of anilines is 1. The van der Waals surface area contributed by atoms with Crippen LogP contribution in [0.2, 0.25) is 0 Å². The fourth-order valence-electron chi connectivity index (χ4n) is 6.66. The van der Waals surface area contributed by atoms with Gasteiger partial charge < -0.3 is 25.3 Å². The number of ether oxygens (including phenoxy) is 1. The Morgan fingerprint density at radius 1 is 0.930 bits per heavy atom. The Bertz CT molecular complexity index is 1480. The maximum Gasteiger partial charge on any atom is 0.267 e. The van der Waals surface area contributed by atoms with Crippen molar-refractivity contribution in [1.29, 1.82) is 0 Å². The molecule has 0 bridgehead atoms. The number of amides is 1. The van der Waals surface area contributed by atoms with Gasteiger partial charge in [-0.2, -0.15) is 0 Å². The van der Waals surface area contributed by atoms with Crippen molar-refractivity contribution in [2.24, 2.45) is 0 Å². The van der Waals surface area contributed by atoms with E-state index >= 15 is 0 Å². The van der Waals surface area contributed by atoms with Gasteiger partial charge in [0.25, 0.3) is 5.91 Å². The number of hydrogen-bond acceptors (Lipinski definition) is 7. The first-order valence-electron chi connectivity index (χ1n) is 15.8. The van der Waals surface area contributed by atoms with Crippen LogP contribution in [0.5, 0.6) is 0 Å². The number of morpholine rings is 1. The normalized spacial score (nSPS) is 19.5. The van der Waals surface area contributed by atoms with Gasteiger partial charge in [-0.25, -0.2) is 13.4 Å². The number of aromatic nitrogens is 2. The van der Waals surface area contributed by atoms with E-state index < -0.39 is 9.84 Å². The number of nitrogens with one attached hydrogen (secondary N) is 3. The molecule has 230 valence electrons. The van der Waals surface area contributed by atoms with Gasteiger partial charge in [-0.3, -0.25) is 4.79 Å². The van der Waals surface area contributed by atoms with Crippen molar-refractivity contribution in [1.82, 2.24) is 20.6 Å². The largest absolute Gasteiger partial charge is 0.378 e. The minimum Gasteiger partial charge on any atom is -0.378 e. The number of carbonyl (C=O) groups excluding carboxylic acids is 1. The van der Waals surface area contributed by atoms with E-state index in [4.69, 9.17) is 4.74 Å². The Labute approximate surface area is 254 Å². The van der Waals surface area contributed by atoms with Crippen molar-refractivity contribution in [3.05, 3.63) is 71.2 Å². The molecule has 6 rings (SSSR count). The van der Waals surface area contributed by atoms with E-state index in [1.807, 2.05) is 6.07 Å². The number of fused-ring (bicyclic) bond motifs is 1. The zero-order valence-electron chi connectivity index (χ0n) is 24.9. The van der Waals surface area contributed by atoms with Gasteiger partial charge in [-0.15, -0.1) is 0 Å². The van der Waals surface area contributed by atoms with Crippen molar-refractivity contribution < 1.29 is 17.9 Å². The molecule has 1 saturated heterocycles. The highest BCUT2D eigenvalue weighted by Crippen LogP contribution is 2.33. The van der Waals surface area contributed by atoms with Crippen LogP contribution in [0.3, 0.4) is 0 Å². The average molecular weight is 606 g/mol. The molecule has 2 aromatic heterocycles. The molecule has 1 saturated carbocycles. The highest BCUT2D eigenvalue weighted by molar-refractivity contribution is 7.91. The summed E-state index contributed by atoms with van der Waals surface area (Å²) >= 11 is 0. The van der Waals surface area contributed by atoms with E-state index in [1.165, 1.54) is 75.2 Å². The molecule has 1 amide bonds. The Morgan fingerprint density at radius 2 is 1.60 bits per heavy atom. The molecule has 43 heavy (non-hydrogen) atoms. The van der Waals surface area contributed by atoms with E-state index in [9.17, 15) is 13.2 Å². The third kappa shape index (κ3) is 6.97. The molecule has 0 unspecified atom stereocenters. The second-order valence-corrected chi connectivity index (χ2v) is 14.2. The van der Waals surface area contributed by atoms with E-state index in [1.54, 1.807) is 36.4 Å². The summed E-state index contributed by atoms with van der Waals surface area (Å²) in [4.78, 5) is 23.3. The number of aromatic amines is 1. The first kappa shape index (κ1) is 29.8. The van der Waals surface area contributed by atoms with Gasteiger partial charge in [0.1, 0.15) is 11.5 Å². The number of pyridine rings is 1. The van der Waals surface area contributed by atoms with Gasteiger partial charge in [-0.05, 0) is 54.3 Å². The number of sulfone groups is 1. The van der Waals surface area contributed by atoms with Crippen molar-refractivity contribution >= 4 is 21.6 Å². The second kappa shape index (κ2) is 13.2. The summed E-state index contributed by atoms with van der Waals surface area (Å²) in [5.41, 5.74) is 3.90. The molecule has 1 spiro atoms. The summed E-state index contributed by atoms with van der Waals surface area (Å²) < 4.78 is 31.8. The van der Waals surface area contributed by atoms with Crippen LogP contribution < -0.4 is 15.5 Å². The molecule has 3 aliphatic rings. The third-order valence-corrected chi connectivity index (χ3v) is 11.0. The number of rotatable bonds is 6. The number of hydrogen-bond donors (Lipinski definition) is 3. The van der Waals surface area contributed by atoms with Crippen LogP contribution in [0.15, 0.2) is 58.5 Å². The number of H-pyrrole nitrogens is 1. The first-order valence-corrected chi connectivity index (χ1v) is 17.3. The molecular weight excluding hydrogens is 562 g/mol. The predicted octanol–water partition coefficient (Wildman–Crippen LogP) is 4.92. The summed E-state index contributed by atoms with van der Waals surface area (Å²) in [7, 11) is -3.70. The Morgan fingerprint density at radius 3 is 2.28 bits per heavy atom. The lowest BCUT2D eigenvalue weighted by Gasteiger charge is -2.39. The molecule has 1 aromatic carbocycles. The highest BCUT2D eigenvalue weighted by Gasteiger charge is 2.34. The lowest BCUT2D eigenvalue weighted by atomic mass is 9.79. The number of nitrogens with zero attached hydrogens (tertiary/aromatic N) is 2. The quantitative estimate of drug-likeness (QED) is 0.365. The topological polar surface area (TPSA) is 116 Å². The number of benzene rings is 1. The number of carbonyl (C=O) groups is 1. The Hall–Kier alpha value is -3.21. The molecule has 0 atom stereocenters. The lowest BCUT2D eigenvalue weighted by Crippen LogP contribution is -2.49. The maximum absolute atomic E-state index is 13.2. The monoisotopic (exact) mass is 605 g/mol. The lowest BCUT2D eigenvalue weighted by molar-refractivity contribution is 0.0946. The molecule has 1 aliphatic carbocycles. The smallest absolute Gasteiger partial charge is 0.267 e. The molecule has 3 aromatic rings. The fourth-order valence-corrected chi connectivity index (χ4v) is 7.87. The predicted molar refractivity (Wildman–Crippen MR) is 166 cm³/mol. The summed E-state index contributed by atoms with van der Waals surface area (Å²) in [6, 6.07) is 12.0.